The number of halogens is 1. The summed E-state index contributed by atoms with van der Waals surface area (Å²) in [5, 5.41) is 13.5. The van der Waals surface area contributed by atoms with Gasteiger partial charge < -0.3 is 15.2 Å². The zero-order valence-electron chi connectivity index (χ0n) is 14.6. The molecule has 0 aliphatic carbocycles. The van der Waals surface area contributed by atoms with Crippen molar-refractivity contribution in [2.24, 2.45) is 0 Å². The average molecular weight is 354 g/mol. The van der Waals surface area contributed by atoms with Gasteiger partial charge in [-0.3, -0.25) is 4.90 Å². The van der Waals surface area contributed by atoms with Gasteiger partial charge in [0.15, 0.2) is 0 Å². The van der Waals surface area contributed by atoms with E-state index in [2.05, 4.69) is 16.3 Å². The smallest absolute Gasteiger partial charge is 0.132 e. The monoisotopic (exact) mass is 354 g/mol. The summed E-state index contributed by atoms with van der Waals surface area (Å²) in [6, 6.07) is 13.3. The van der Waals surface area contributed by atoms with Crippen molar-refractivity contribution in [3.8, 4) is 11.5 Å². The third-order valence-corrected chi connectivity index (χ3v) is 5.93. The van der Waals surface area contributed by atoms with Crippen LogP contribution in [-0.4, -0.2) is 41.8 Å². The van der Waals surface area contributed by atoms with E-state index in [9.17, 15) is 9.50 Å². The molecule has 5 heteroatoms. The largest absolute Gasteiger partial charge is 0.457 e. The second kappa shape index (κ2) is 6.34. The Morgan fingerprint density at radius 2 is 2.00 bits per heavy atom. The first-order valence-electron chi connectivity index (χ1n) is 9.40. The van der Waals surface area contributed by atoms with Crippen LogP contribution in [0.5, 0.6) is 11.5 Å². The van der Waals surface area contributed by atoms with Gasteiger partial charge in [0.25, 0.3) is 0 Å². The van der Waals surface area contributed by atoms with Crippen LogP contribution in [-0.2, 0) is 0 Å². The fraction of sp³-hybridized carbons (Fsp3) is 0.429. The summed E-state index contributed by atoms with van der Waals surface area (Å²) in [6.45, 7) is 2.61. The van der Waals surface area contributed by atoms with Crippen LogP contribution in [0.15, 0.2) is 42.5 Å². The molecule has 0 radical (unpaired) electrons. The molecule has 136 valence electrons. The Hall–Kier alpha value is -1.95. The molecule has 2 aromatic rings. The van der Waals surface area contributed by atoms with Gasteiger partial charge in [0, 0.05) is 43.2 Å². The average Bonchev–Trinajstić information content (AvgIpc) is 3.20. The lowest BCUT2D eigenvalue weighted by atomic mass is 9.87. The van der Waals surface area contributed by atoms with Gasteiger partial charge in [-0.05, 0) is 42.7 Å². The maximum Gasteiger partial charge on any atom is 0.132 e. The van der Waals surface area contributed by atoms with Crippen LogP contribution in [0.3, 0.4) is 0 Å². The molecule has 5 rings (SSSR count). The molecule has 4 nitrogen and oxygen atoms in total. The molecule has 0 bridgehead atoms. The Bertz CT molecular complexity index is 827. The summed E-state index contributed by atoms with van der Waals surface area (Å²) < 4.78 is 20.1. The molecule has 2 fully saturated rings. The van der Waals surface area contributed by atoms with Crippen molar-refractivity contribution in [1.29, 1.82) is 0 Å². The van der Waals surface area contributed by atoms with Gasteiger partial charge in [-0.1, -0.05) is 18.2 Å². The maximum absolute atomic E-state index is 14.0. The number of aliphatic hydroxyl groups is 1. The lowest BCUT2D eigenvalue weighted by Gasteiger charge is -2.21. The first kappa shape index (κ1) is 16.2. The van der Waals surface area contributed by atoms with E-state index >= 15 is 0 Å². The van der Waals surface area contributed by atoms with Gasteiger partial charge in [-0.25, -0.2) is 4.39 Å². The first-order valence-corrected chi connectivity index (χ1v) is 9.40. The zero-order valence-corrected chi connectivity index (χ0v) is 14.6. The van der Waals surface area contributed by atoms with Crippen molar-refractivity contribution < 1.29 is 14.2 Å². The molecule has 0 saturated carbocycles. The number of rotatable bonds is 2. The number of benzene rings is 2. The minimum absolute atomic E-state index is 0.0434. The third-order valence-electron chi connectivity index (χ3n) is 5.93. The summed E-state index contributed by atoms with van der Waals surface area (Å²) in [5.41, 5.74) is 2.08. The van der Waals surface area contributed by atoms with E-state index in [1.54, 1.807) is 12.1 Å². The highest BCUT2D eigenvalue weighted by Gasteiger charge is 2.41. The summed E-state index contributed by atoms with van der Waals surface area (Å²) >= 11 is 0. The Kier molecular flexibility index (Phi) is 3.96. The van der Waals surface area contributed by atoms with Crippen molar-refractivity contribution in [3.05, 3.63) is 59.4 Å². The van der Waals surface area contributed by atoms with E-state index in [-0.39, 0.29) is 23.9 Å². The number of β-amino-alcohol motifs (C(OH)–C–C–N with tert-alkyl or cyclic N) is 1. The highest BCUT2D eigenvalue weighted by Crippen LogP contribution is 2.50. The van der Waals surface area contributed by atoms with Gasteiger partial charge in [0.1, 0.15) is 17.3 Å². The molecule has 0 spiro atoms. The number of nitrogens with zero attached hydrogens (tertiary/aromatic N) is 1. The molecule has 0 aromatic heterocycles. The van der Waals surface area contributed by atoms with Gasteiger partial charge in [-0.2, -0.15) is 0 Å². The Labute approximate surface area is 152 Å². The Balaban J connectivity index is 1.49. The molecule has 2 saturated heterocycles. The fourth-order valence-electron chi connectivity index (χ4n) is 4.76. The zero-order chi connectivity index (χ0) is 17.7. The lowest BCUT2D eigenvalue weighted by molar-refractivity contribution is 0.173. The van der Waals surface area contributed by atoms with E-state index in [1.165, 1.54) is 11.6 Å². The topological polar surface area (TPSA) is 44.7 Å². The first-order chi connectivity index (χ1) is 12.7. The highest BCUT2D eigenvalue weighted by molar-refractivity contribution is 5.50. The predicted molar refractivity (Wildman–Crippen MR) is 97.0 cm³/mol. The molecule has 3 aliphatic rings. The number of likely N-dealkylation sites (tertiary alicyclic amines) is 1. The van der Waals surface area contributed by atoms with Crippen molar-refractivity contribution in [1.82, 2.24) is 10.2 Å². The van der Waals surface area contributed by atoms with Crippen LogP contribution in [0.1, 0.15) is 35.9 Å². The SMILES string of the molecule is OC1CCN(C[C@H]2C[C@@H]3c4ccccc4Oc4ccc(F)cc4[C@H]3N2)C1. The van der Waals surface area contributed by atoms with E-state index < -0.39 is 0 Å². The van der Waals surface area contributed by atoms with Gasteiger partial charge in [0.05, 0.1) is 6.10 Å². The van der Waals surface area contributed by atoms with E-state index in [4.69, 9.17) is 4.74 Å². The van der Waals surface area contributed by atoms with Gasteiger partial charge in [-0.15, -0.1) is 0 Å². The number of hydrogen-bond acceptors (Lipinski definition) is 4. The Morgan fingerprint density at radius 3 is 2.85 bits per heavy atom. The summed E-state index contributed by atoms with van der Waals surface area (Å²) in [6.07, 6.45) is 1.63. The molecule has 3 heterocycles. The van der Waals surface area contributed by atoms with Crippen LogP contribution in [0, 0.1) is 5.82 Å². The molecule has 2 N–H and O–H groups in total. The van der Waals surface area contributed by atoms with Crippen LogP contribution in [0.25, 0.3) is 0 Å². The number of hydrogen-bond donors (Lipinski definition) is 2. The summed E-state index contributed by atoms with van der Waals surface area (Å²) in [7, 11) is 0. The van der Waals surface area contributed by atoms with Gasteiger partial charge >= 0.3 is 0 Å². The molecule has 0 amide bonds. The molecule has 1 unspecified atom stereocenters. The van der Waals surface area contributed by atoms with Crippen LogP contribution in [0.2, 0.25) is 0 Å². The third kappa shape index (κ3) is 2.80. The van der Waals surface area contributed by atoms with E-state index in [0.717, 1.165) is 49.5 Å². The van der Waals surface area contributed by atoms with Crippen molar-refractivity contribution in [3.63, 3.8) is 0 Å². The normalized spacial score (nSPS) is 30.2. The van der Waals surface area contributed by atoms with E-state index in [1.807, 2.05) is 18.2 Å². The number of aliphatic hydroxyl groups excluding tert-OH is 1. The second-order valence-electron chi connectivity index (χ2n) is 7.71. The Morgan fingerprint density at radius 1 is 1.15 bits per heavy atom. The molecule has 4 atom stereocenters. The highest BCUT2D eigenvalue weighted by atomic mass is 19.1. The van der Waals surface area contributed by atoms with Crippen LogP contribution < -0.4 is 10.1 Å². The van der Waals surface area contributed by atoms with Crippen LogP contribution in [0.4, 0.5) is 4.39 Å². The number of nitrogens with one attached hydrogen (secondary N) is 1. The number of fused-ring (bicyclic) bond motifs is 5. The van der Waals surface area contributed by atoms with Crippen molar-refractivity contribution in [2.45, 2.75) is 36.9 Å². The summed E-state index contributed by atoms with van der Waals surface area (Å²) in [4.78, 5) is 2.32. The molecular formula is C21H23FN2O2. The van der Waals surface area contributed by atoms with Crippen molar-refractivity contribution >= 4 is 0 Å². The minimum Gasteiger partial charge on any atom is -0.457 e. The standard InChI is InChI=1S/C21H23FN2O2/c22-13-5-6-20-18(9-13)21-17(16-3-1-2-4-19(16)26-20)10-14(23-21)11-24-8-7-15(25)12-24/h1-6,9,14-15,17,21,23,25H,7-8,10-12H2/t14-,15?,17-,21+/m1/s1. The lowest BCUT2D eigenvalue weighted by Crippen LogP contribution is -2.37. The second-order valence-corrected chi connectivity index (χ2v) is 7.71. The van der Waals surface area contributed by atoms with Crippen molar-refractivity contribution in [2.75, 3.05) is 19.6 Å². The number of para-hydroxylation sites is 1. The molecular weight excluding hydrogens is 331 g/mol. The minimum atomic E-state index is -0.232. The molecule has 3 aliphatic heterocycles. The number of ether oxygens (including phenoxy) is 1. The maximum atomic E-state index is 14.0. The van der Waals surface area contributed by atoms with E-state index in [0.29, 0.717) is 6.04 Å². The molecule has 26 heavy (non-hydrogen) atoms. The predicted octanol–water partition coefficient (Wildman–Crippen LogP) is 3.18. The summed E-state index contributed by atoms with van der Waals surface area (Å²) in [5.74, 6) is 1.62. The quantitative estimate of drug-likeness (QED) is 0.869. The van der Waals surface area contributed by atoms with Gasteiger partial charge in [0.2, 0.25) is 0 Å². The molecule has 2 aromatic carbocycles. The fourth-order valence-corrected chi connectivity index (χ4v) is 4.76. The van der Waals surface area contributed by atoms with Crippen LogP contribution >= 0.6 is 0 Å².